The molecule has 0 bridgehead atoms. The molecule has 21 heavy (non-hydrogen) atoms. The summed E-state index contributed by atoms with van der Waals surface area (Å²) in [6.07, 6.45) is -2.16. The normalized spacial score (nSPS) is 12.1. The fourth-order valence-corrected chi connectivity index (χ4v) is 2.54. The SMILES string of the molecule is FC(F)(F)c1ccc2c(c1)[nH]c(=S)n2CCc1ccco1. The Morgan fingerprint density at radius 3 is 2.71 bits per heavy atom. The van der Waals surface area contributed by atoms with Gasteiger partial charge in [-0.25, -0.2) is 0 Å². The van der Waals surface area contributed by atoms with Crippen molar-refractivity contribution in [3.63, 3.8) is 0 Å². The lowest BCUT2D eigenvalue weighted by Crippen LogP contribution is -2.05. The second kappa shape index (κ2) is 5.07. The van der Waals surface area contributed by atoms with E-state index in [0.29, 0.717) is 28.8 Å². The lowest BCUT2D eigenvalue weighted by molar-refractivity contribution is -0.137. The average Bonchev–Trinajstić information content (AvgIpc) is 3.01. The van der Waals surface area contributed by atoms with Gasteiger partial charge >= 0.3 is 6.18 Å². The molecule has 3 rings (SSSR count). The molecule has 0 amide bonds. The highest BCUT2D eigenvalue weighted by Crippen LogP contribution is 2.31. The van der Waals surface area contributed by atoms with E-state index in [0.717, 1.165) is 17.9 Å². The monoisotopic (exact) mass is 312 g/mol. The number of furan rings is 1. The number of aryl methyl sites for hydroxylation is 2. The molecule has 0 spiro atoms. The topological polar surface area (TPSA) is 33.9 Å². The lowest BCUT2D eigenvalue weighted by atomic mass is 10.2. The Hall–Kier alpha value is -2.02. The Morgan fingerprint density at radius 1 is 1.24 bits per heavy atom. The molecule has 0 radical (unpaired) electrons. The van der Waals surface area contributed by atoms with Gasteiger partial charge in [-0.05, 0) is 42.5 Å². The van der Waals surface area contributed by atoms with Gasteiger partial charge in [-0.2, -0.15) is 13.2 Å². The Kier molecular flexibility index (Phi) is 3.36. The summed E-state index contributed by atoms with van der Waals surface area (Å²) in [7, 11) is 0. The number of alkyl halides is 3. The number of nitrogens with one attached hydrogen (secondary N) is 1. The van der Waals surface area contributed by atoms with Crippen LogP contribution >= 0.6 is 12.2 Å². The van der Waals surface area contributed by atoms with Crippen LogP contribution in [0.15, 0.2) is 41.0 Å². The Bertz CT molecular complexity index is 815. The van der Waals surface area contributed by atoms with Gasteiger partial charge < -0.3 is 14.0 Å². The van der Waals surface area contributed by atoms with Crippen LogP contribution < -0.4 is 0 Å². The molecular weight excluding hydrogens is 301 g/mol. The van der Waals surface area contributed by atoms with Gasteiger partial charge in [-0.1, -0.05) is 0 Å². The zero-order valence-electron chi connectivity index (χ0n) is 10.8. The van der Waals surface area contributed by atoms with Gasteiger partial charge in [0.25, 0.3) is 0 Å². The Labute approximate surface area is 123 Å². The molecule has 1 N–H and O–H groups in total. The van der Waals surface area contributed by atoms with Crippen molar-refractivity contribution in [3.05, 3.63) is 52.7 Å². The molecule has 7 heteroatoms. The van der Waals surface area contributed by atoms with Crippen LogP contribution in [-0.4, -0.2) is 9.55 Å². The van der Waals surface area contributed by atoms with Gasteiger partial charge in [0.05, 0.1) is 22.9 Å². The fourth-order valence-electron chi connectivity index (χ4n) is 2.24. The van der Waals surface area contributed by atoms with Crippen LogP contribution in [-0.2, 0) is 19.1 Å². The van der Waals surface area contributed by atoms with Crippen molar-refractivity contribution in [1.82, 2.24) is 9.55 Å². The summed E-state index contributed by atoms with van der Waals surface area (Å²) in [5.41, 5.74) is 0.346. The Balaban J connectivity index is 1.96. The average molecular weight is 312 g/mol. The number of rotatable bonds is 3. The van der Waals surface area contributed by atoms with E-state index >= 15 is 0 Å². The van der Waals surface area contributed by atoms with Crippen LogP contribution in [0.5, 0.6) is 0 Å². The standard InChI is InChI=1S/C14H11F3N2OS/c15-14(16,17)9-3-4-12-11(8-9)18-13(21)19(12)6-5-10-2-1-7-20-10/h1-4,7-8H,5-6H2,(H,18,21). The van der Waals surface area contributed by atoms with E-state index in [4.69, 9.17) is 16.6 Å². The van der Waals surface area contributed by atoms with Gasteiger partial charge in [0, 0.05) is 13.0 Å². The van der Waals surface area contributed by atoms with E-state index in [1.807, 2.05) is 6.07 Å². The van der Waals surface area contributed by atoms with Crippen molar-refractivity contribution in [2.24, 2.45) is 0 Å². The summed E-state index contributed by atoms with van der Waals surface area (Å²) in [6, 6.07) is 7.22. The number of hydrogen-bond donors (Lipinski definition) is 1. The number of nitrogens with zero attached hydrogens (tertiary/aromatic N) is 1. The number of aromatic amines is 1. The quantitative estimate of drug-likeness (QED) is 0.720. The number of aromatic nitrogens is 2. The molecule has 0 aliphatic rings. The second-order valence-corrected chi connectivity index (χ2v) is 5.03. The van der Waals surface area contributed by atoms with Gasteiger partial charge in [0.1, 0.15) is 5.76 Å². The minimum Gasteiger partial charge on any atom is -0.469 e. The van der Waals surface area contributed by atoms with Gasteiger partial charge in [0.15, 0.2) is 4.77 Å². The van der Waals surface area contributed by atoms with Crippen LogP contribution in [0.4, 0.5) is 13.2 Å². The molecule has 0 saturated carbocycles. The van der Waals surface area contributed by atoms with Crippen LogP contribution in [0, 0.1) is 4.77 Å². The first-order chi connectivity index (χ1) is 9.95. The molecule has 2 aromatic heterocycles. The molecular formula is C14H11F3N2OS. The molecule has 2 heterocycles. The van der Waals surface area contributed by atoms with E-state index in [9.17, 15) is 13.2 Å². The van der Waals surface area contributed by atoms with E-state index in [2.05, 4.69) is 4.98 Å². The molecule has 0 unspecified atom stereocenters. The molecule has 3 nitrogen and oxygen atoms in total. The zero-order valence-corrected chi connectivity index (χ0v) is 11.6. The third kappa shape index (κ3) is 2.73. The van der Waals surface area contributed by atoms with E-state index in [-0.39, 0.29) is 0 Å². The van der Waals surface area contributed by atoms with Crippen molar-refractivity contribution in [3.8, 4) is 0 Å². The second-order valence-electron chi connectivity index (χ2n) is 4.64. The number of imidazole rings is 1. The first kappa shape index (κ1) is 13.9. The highest BCUT2D eigenvalue weighted by Gasteiger charge is 2.30. The highest BCUT2D eigenvalue weighted by atomic mass is 32.1. The number of halogens is 3. The third-order valence-electron chi connectivity index (χ3n) is 3.26. The molecule has 1 aromatic carbocycles. The summed E-state index contributed by atoms with van der Waals surface area (Å²) in [6.45, 7) is 0.539. The van der Waals surface area contributed by atoms with Crippen LogP contribution in [0.1, 0.15) is 11.3 Å². The number of benzene rings is 1. The maximum Gasteiger partial charge on any atom is 0.416 e. The molecule has 3 aromatic rings. The number of H-pyrrole nitrogens is 1. The summed E-state index contributed by atoms with van der Waals surface area (Å²) in [5.74, 6) is 0.804. The van der Waals surface area contributed by atoms with E-state index in [1.54, 1.807) is 16.9 Å². The molecule has 0 aliphatic carbocycles. The molecule has 110 valence electrons. The van der Waals surface area contributed by atoms with Gasteiger partial charge in [-0.15, -0.1) is 0 Å². The maximum absolute atomic E-state index is 12.7. The third-order valence-corrected chi connectivity index (χ3v) is 3.59. The van der Waals surface area contributed by atoms with Crippen LogP contribution in [0.3, 0.4) is 0 Å². The zero-order chi connectivity index (χ0) is 15.0. The minimum atomic E-state index is -4.36. The molecule has 0 fully saturated rings. The highest BCUT2D eigenvalue weighted by molar-refractivity contribution is 7.71. The minimum absolute atomic E-state index is 0.384. The van der Waals surface area contributed by atoms with Crippen LogP contribution in [0.25, 0.3) is 11.0 Å². The Morgan fingerprint density at radius 2 is 2.05 bits per heavy atom. The predicted molar refractivity (Wildman–Crippen MR) is 74.5 cm³/mol. The summed E-state index contributed by atoms with van der Waals surface area (Å²) < 4.78 is 45.5. The summed E-state index contributed by atoms with van der Waals surface area (Å²) in [5, 5.41) is 0. The lowest BCUT2D eigenvalue weighted by Gasteiger charge is -2.07. The van der Waals surface area contributed by atoms with Crippen molar-refractivity contribution >= 4 is 23.3 Å². The molecule has 0 aliphatic heterocycles. The largest absolute Gasteiger partial charge is 0.469 e. The smallest absolute Gasteiger partial charge is 0.416 e. The van der Waals surface area contributed by atoms with Crippen LogP contribution in [0.2, 0.25) is 0 Å². The first-order valence-electron chi connectivity index (χ1n) is 6.27. The van der Waals surface area contributed by atoms with Crippen molar-refractivity contribution in [1.29, 1.82) is 0 Å². The number of fused-ring (bicyclic) bond motifs is 1. The number of hydrogen-bond acceptors (Lipinski definition) is 2. The summed E-state index contributed by atoms with van der Waals surface area (Å²) >= 11 is 5.18. The van der Waals surface area contributed by atoms with Gasteiger partial charge in [0.2, 0.25) is 0 Å². The fraction of sp³-hybridized carbons (Fsp3) is 0.214. The first-order valence-corrected chi connectivity index (χ1v) is 6.68. The van der Waals surface area contributed by atoms with Gasteiger partial charge in [-0.3, -0.25) is 0 Å². The maximum atomic E-state index is 12.7. The van der Waals surface area contributed by atoms with Crippen molar-refractivity contribution < 1.29 is 17.6 Å². The van der Waals surface area contributed by atoms with E-state index < -0.39 is 11.7 Å². The van der Waals surface area contributed by atoms with E-state index in [1.165, 1.54) is 6.07 Å². The molecule has 0 atom stereocenters. The van der Waals surface area contributed by atoms with Crippen molar-refractivity contribution in [2.75, 3.05) is 0 Å². The summed E-state index contributed by atoms with van der Waals surface area (Å²) in [4.78, 5) is 2.82. The predicted octanol–water partition coefficient (Wildman–Crippen LogP) is 4.55. The van der Waals surface area contributed by atoms with Crippen molar-refractivity contribution in [2.45, 2.75) is 19.1 Å². The molecule has 0 saturated heterocycles.